The van der Waals surface area contributed by atoms with Gasteiger partial charge in [-0.05, 0) is 47.7 Å². The minimum atomic E-state index is -1.83. The first kappa shape index (κ1) is 23.0. The average Bonchev–Trinajstić information content (AvgIpc) is 3.40. The Bertz CT molecular complexity index is 1360. The molecule has 2 atom stereocenters. The minimum Gasteiger partial charge on any atom is -0.496 e. The molecule has 3 aliphatic rings. The van der Waals surface area contributed by atoms with Gasteiger partial charge in [0.05, 0.1) is 19.2 Å². The highest BCUT2D eigenvalue weighted by Crippen LogP contribution is 2.48. The number of carbonyl (C=O) groups is 2. The lowest BCUT2D eigenvalue weighted by Crippen LogP contribution is -2.51. The maximum Gasteiger partial charge on any atom is 0.264 e. The van der Waals surface area contributed by atoms with Gasteiger partial charge in [-0.25, -0.2) is 0 Å². The molecule has 3 aromatic rings. The fraction of sp³-hybridized carbons (Fsp3) is 0.379. The largest absolute Gasteiger partial charge is 0.496 e. The van der Waals surface area contributed by atoms with Crippen LogP contribution in [0.3, 0.4) is 0 Å². The second kappa shape index (κ2) is 8.61. The van der Waals surface area contributed by atoms with Gasteiger partial charge < -0.3 is 20.1 Å². The van der Waals surface area contributed by atoms with Crippen molar-refractivity contribution in [2.24, 2.45) is 0 Å². The molecule has 2 aliphatic heterocycles. The van der Waals surface area contributed by atoms with Crippen molar-refractivity contribution in [2.45, 2.75) is 43.4 Å². The van der Waals surface area contributed by atoms with E-state index in [9.17, 15) is 14.7 Å². The molecule has 0 radical (unpaired) electrons. The number of nitrogens with one attached hydrogen (secondary N) is 1. The number of nitrogens with zero attached hydrogens (tertiary/aromatic N) is 2. The number of anilines is 1. The summed E-state index contributed by atoms with van der Waals surface area (Å²) in [4.78, 5) is 30.0. The molecule has 2 unspecified atom stereocenters. The normalized spacial score (nSPS) is 23.8. The van der Waals surface area contributed by atoms with Crippen molar-refractivity contribution in [1.29, 1.82) is 0 Å². The number of methoxy groups -OCH3 is 1. The van der Waals surface area contributed by atoms with E-state index in [4.69, 9.17) is 4.74 Å². The van der Waals surface area contributed by atoms with Crippen LogP contribution in [0.5, 0.6) is 5.75 Å². The highest BCUT2D eigenvalue weighted by molar-refractivity contribution is 6.09. The van der Waals surface area contributed by atoms with Gasteiger partial charge in [0.2, 0.25) is 5.91 Å². The van der Waals surface area contributed by atoms with Crippen LogP contribution in [0, 0.1) is 0 Å². The summed E-state index contributed by atoms with van der Waals surface area (Å²) in [7, 11) is 3.25. The number of amides is 2. The van der Waals surface area contributed by atoms with Crippen LogP contribution in [-0.4, -0.2) is 55.1 Å². The van der Waals surface area contributed by atoms with Crippen molar-refractivity contribution in [3.63, 3.8) is 0 Å². The van der Waals surface area contributed by atoms with Gasteiger partial charge in [-0.3, -0.25) is 14.5 Å². The van der Waals surface area contributed by atoms with Gasteiger partial charge in [-0.15, -0.1) is 0 Å². The molecule has 0 spiro atoms. The van der Waals surface area contributed by atoms with Crippen molar-refractivity contribution in [3.05, 3.63) is 71.3 Å². The number of ether oxygens (including phenoxy) is 1. The standard InChI is InChI=1S/C29H31N3O4/c1-30-25(33)17-29(35)21-8-3-4-9-22(21)32(28(29)34)20-12-14-31(15-13-20)23-16-19-7-5-6-18-10-11-24(36-2)27(23)26(18)19/h3-11,20,23,35H,12-17H2,1-2H3,(H,30,33). The maximum atomic E-state index is 13.6. The zero-order valence-corrected chi connectivity index (χ0v) is 20.7. The summed E-state index contributed by atoms with van der Waals surface area (Å²) in [5.41, 5.74) is 2.03. The Labute approximate surface area is 210 Å². The minimum absolute atomic E-state index is 0.0323. The van der Waals surface area contributed by atoms with E-state index >= 15 is 0 Å². The summed E-state index contributed by atoms with van der Waals surface area (Å²) in [5, 5.41) is 16.5. The van der Waals surface area contributed by atoms with Crippen LogP contribution in [0.4, 0.5) is 5.69 Å². The quantitative estimate of drug-likeness (QED) is 0.580. The molecular formula is C29H31N3O4. The molecule has 2 heterocycles. The second-order valence-corrected chi connectivity index (χ2v) is 10.1. The van der Waals surface area contributed by atoms with Crippen LogP contribution in [0.1, 0.15) is 42.0 Å². The van der Waals surface area contributed by atoms with E-state index in [-0.39, 0.29) is 24.4 Å². The Morgan fingerprint density at radius 1 is 1.11 bits per heavy atom. The Balaban J connectivity index is 1.25. The summed E-state index contributed by atoms with van der Waals surface area (Å²) < 4.78 is 5.78. The number of hydrogen-bond acceptors (Lipinski definition) is 5. The summed E-state index contributed by atoms with van der Waals surface area (Å²) in [6.07, 6.45) is 2.26. The van der Waals surface area contributed by atoms with Crippen molar-refractivity contribution >= 4 is 28.3 Å². The third kappa shape index (κ3) is 3.33. The molecular weight excluding hydrogens is 454 g/mol. The highest BCUT2D eigenvalue weighted by Gasteiger charge is 2.53. The first-order chi connectivity index (χ1) is 17.5. The lowest BCUT2D eigenvalue weighted by atomic mass is 9.91. The molecule has 2 N–H and O–H groups in total. The van der Waals surface area contributed by atoms with E-state index in [0.29, 0.717) is 11.3 Å². The monoisotopic (exact) mass is 485 g/mol. The van der Waals surface area contributed by atoms with E-state index in [1.165, 1.54) is 28.9 Å². The van der Waals surface area contributed by atoms with Crippen LogP contribution in [0.2, 0.25) is 0 Å². The molecule has 186 valence electrons. The van der Waals surface area contributed by atoms with E-state index in [1.54, 1.807) is 24.1 Å². The Morgan fingerprint density at radius 3 is 2.64 bits per heavy atom. The Morgan fingerprint density at radius 2 is 1.89 bits per heavy atom. The van der Waals surface area contributed by atoms with Gasteiger partial charge in [0.1, 0.15) is 5.75 Å². The Kier molecular flexibility index (Phi) is 5.50. The fourth-order valence-corrected chi connectivity index (χ4v) is 6.53. The highest BCUT2D eigenvalue weighted by atomic mass is 16.5. The van der Waals surface area contributed by atoms with E-state index in [0.717, 1.165) is 38.1 Å². The summed E-state index contributed by atoms with van der Waals surface area (Å²) in [5.74, 6) is 0.175. The van der Waals surface area contributed by atoms with Crippen LogP contribution in [0.25, 0.3) is 10.8 Å². The van der Waals surface area contributed by atoms with Crippen LogP contribution < -0.4 is 15.0 Å². The topological polar surface area (TPSA) is 82.1 Å². The molecule has 0 saturated carbocycles. The number of piperidine rings is 1. The van der Waals surface area contributed by atoms with Gasteiger partial charge in [-0.1, -0.05) is 42.5 Å². The van der Waals surface area contributed by atoms with Crippen molar-refractivity contribution in [2.75, 3.05) is 32.1 Å². The zero-order chi connectivity index (χ0) is 25.0. The van der Waals surface area contributed by atoms with Crippen molar-refractivity contribution < 1.29 is 19.4 Å². The van der Waals surface area contributed by atoms with Crippen LogP contribution >= 0.6 is 0 Å². The van der Waals surface area contributed by atoms with Gasteiger partial charge in [0, 0.05) is 43.3 Å². The van der Waals surface area contributed by atoms with Gasteiger partial charge in [0.25, 0.3) is 5.91 Å². The molecule has 36 heavy (non-hydrogen) atoms. The van der Waals surface area contributed by atoms with Crippen molar-refractivity contribution in [3.8, 4) is 5.75 Å². The lowest BCUT2D eigenvalue weighted by Gasteiger charge is -2.40. The lowest BCUT2D eigenvalue weighted by molar-refractivity contribution is -0.143. The fourth-order valence-electron chi connectivity index (χ4n) is 6.53. The number of benzene rings is 3. The summed E-state index contributed by atoms with van der Waals surface area (Å²) >= 11 is 0. The SMILES string of the molecule is CNC(=O)CC1(O)C(=O)N(C2CCN(C3Cc4cccc5ccc(OC)c3c45)CC2)c2ccccc21. The molecule has 6 rings (SSSR count). The third-order valence-corrected chi connectivity index (χ3v) is 8.28. The predicted octanol–water partition coefficient (Wildman–Crippen LogP) is 3.28. The number of para-hydroxylation sites is 1. The molecule has 7 heteroatoms. The number of aliphatic hydroxyl groups is 1. The van der Waals surface area contributed by atoms with Gasteiger partial charge in [-0.2, -0.15) is 0 Å². The number of hydrogen-bond donors (Lipinski definition) is 2. The molecule has 7 nitrogen and oxygen atoms in total. The summed E-state index contributed by atoms with van der Waals surface area (Å²) in [6.45, 7) is 1.67. The molecule has 0 bridgehead atoms. The van der Waals surface area contributed by atoms with Gasteiger partial charge in [0.15, 0.2) is 5.60 Å². The number of likely N-dealkylation sites (tertiary alicyclic amines) is 1. The van der Waals surface area contributed by atoms with E-state index in [1.807, 2.05) is 12.1 Å². The molecule has 0 aromatic heterocycles. The number of fused-ring (bicyclic) bond motifs is 1. The smallest absolute Gasteiger partial charge is 0.264 e. The third-order valence-electron chi connectivity index (χ3n) is 8.28. The predicted molar refractivity (Wildman–Crippen MR) is 138 cm³/mol. The van der Waals surface area contributed by atoms with E-state index in [2.05, 4.69) is 40.5 Å². The second-order valence-electron chi connectivity index (χ2n) is 10.1. The molecule has 3 aromatic carbocycles. The molecule has 2 amide bonds. The number of rotatable bonds is 5. The molecule has 1 fully saturated rings. The summed E-state index contributed by atoms with van der Waals surface area (Å²) in [6, 6.07) is 18.2. The first-order valence-corrected chi connectivity index (χ1v) is 12.6. The average molecular weight is 486 g/mol. The number of carbonyl (C=O) groups excluding carboxylic acids is 2. The van der Waals surface area contributed by atoms with Crippen LogP contribution in [-0.2, 0) is 21.6 Å². The first-order valence-electron chi connectivity index (χ1n) is 12.6. The molecule has 1 aliphatic carbocycles. The Hall–Kier alpha value is -3.42. The zero-order valence-electron chi connectivity index (χ0n) is 20.7. The molecule has 1 saturated heterocycles. The maximum absolute atomic E-state index is 13.6. The van der Waals surface area contributed by atoms with Gasteiger partial charge >= 0.3 is 0 Å². The van der Waals surface area contributed by atoms with E-state index < -0.39 is 11.5 Å². The van der Waals surface area contributed by atoms with Crippen molar-refractivity contribution in [1.82, 2.24) is 10.2 Å². The van der Waals surface area contributed by atoms with Crippen LogP contribution in [0.15, 0.2) is 54.6 Å².